The summed E-state index contributed by atoms with van der Waals surface area (Å²) in [5.41, 5.74) is 0. The molecule has 0 saturated carbocycles. The van der Waals surface area contributed by atoms with Crippen molar-refractivity contribution in [3.63, 3.8) is 0 Å². The molecule has 5 heteroatoms. The molecule has 0 bridgehead atoms. The van der Waals surface area contributed by atoms with Crippen LogP contribution in [0.5, 0.6) is 0 Å². The van der Waals surface area contributed by atoms with Crippen LogP contribution in [0.15, 0.2) is 0 Å². The maximum absolute atomic E-state index is 4.70. The molecule has 2 nitrogen and oxygen atoms in total. The Morgan fingerprint density at radius 1 is 0.909 bits per heavy atom. The Hall–Kier alpha value is 0.994. The summed E-state index contributed by atoms with van der Waals surface area (Å²) < 4.78 is 0. The summed E-state index contributed by atoms with van der Waals surface area (Å²) in [6, 6.07) is 0. The van der Waals surface area contributed by atoms with Gasteiger partial charge in [-0.15, -0.1) is 0 Å². The molecule has 11 heavy (non-hydrogen) atoms. The van der Waals surface area contributed by atoms with Gasteiger partial charge in [0.05, 0.1) is 0 Å². The van der Waals surface area contributed by atoms with Crippen molar-refractivity contribution in [2.24, 2.45) is 0 Å². The zero-order valence-electron chi connectivity index (χ0n) is 7.67. The maximum atomic E-state index is 4.70. The van der Waals surface area contributed by atoms with E-state index in [0.717, 1.165) is 0 Å². The zero-order chi connectivity index (χ0) is 10.1. The molecule has 0 fully saturated rings. The summed E-state index contributed by atoms with van der Waals surface area (Å²) in [6.45, 7) is 5.00. The van der Waals surface area contributed by atoms with E-state index >= 15 is 0 Å². The van der Waals surface area contributed by atoms with Gasteiger partial charge in [0.25, 0.3) is 0 Å². The van der Waals surface area contributed by atoms with Crippen molar-refractivity contribution in [3.8, 4) is 0 Å². The van der Waals surface area contributed by atoms with Gasteiger partial charge < -0.3 is 17.6 Å². The van der Waals surface area contributed by atoms with E-state index in [2.05, 4.69) is 17.6 Å². The third-order valence-corrected chi connectivity index (χ3v) is 0. The standard InChI is InChI=1S/2C2H6N.C2H5.2ClH.Ni/c2*1-3-2;1-2;;;/h2*1-2H3;1H2,2H3;2*1H;/q3*-1;;;+2/p-2. The number of hydrogen-bond donors (Lipinski definition) is 0. The molecule has 0 aliphatic carbocycles. The molecule has 0 atom stereocenters. The van der Waals surface area contributed by atoms with Crippen LogP contribution in [0.1, 0.15) is 6.92 Å². The molecule has 0 rings (SSSR count). The molecule has 0 N–H and O–H groups in total. The van der Waals surface area contributed by atoms with Crippen LogP contribution in [-0.4, -0.2) is 28.2 Å². The summed E-state index contributed by atoms with van der Waals surface area (Å²) in [5, 5.41) is 7.00. The quantitative estimate of drug-likeness (QED) is 0.463. The van der Waals surface area contributed by atoms with E-state index in [0.29, 0.717) is 12.7 Å². The van der Waals surface area contributed by atoms with Gasteiger partial charge in [-0.1, -0.05) is 0 Å². The van der Waals surface area contributed by atoms with Crippen molar-refractivity contribution in [1.29, 1.82) is 0 Å². The van der Waals surface area contributed by atoms with Crippen LogP contribution in [-0.2, 0) is 12.7 Å². The van der Waals surface area contributed by atoms with Gasteiger partial charge in [-0.3, -0.25) is 0 Å². The van der Waals surface area contributed by atoms with Crippen molar-refractivity contribution < 1.29 is 12.7 Å². The molecule has 78 valence electrons. The van der Waals surface area contributed by atoms with Crippen LogP contribution in [0.4, 0.5) is 0 Å². The second-order valence-corrected chi connectivity index (χ2v) is 2.57. The van der Waals surface area contributed by atoms with Crippen LogP contribution in [0, 0.1) is 6.92 Å². The van der Waals surface area contributed by atoms with Gasteiger partial charge in [0.15, 0.2) is 0 Å². The molecule has 0 radical (unpaired) electrons. The van der Waals surface area contributed by atoms with Crippen molar-refractivity contribution in [2.45, 2.75) is 6.92 Å². The first-order valence-electron chi connectivity index (χ1n) is 2.74. The minimum atomic E-state index is 0.569. The minimum absolute atomic E-state index is 0.569. The van der Waals surface area contributed by atoms with E-state index in [-0.39, 0.29) is 0 Å². The van der Waals surface area contributed by atoms with Gasteiger partial charge in [0.1, 0.15) is 0 Å². The first kappa shape index (κ1) is 22.7. The van der Waals surface area contributed by atoms with E-state index in [4.69, 9.17) is 20.4 Å². The number of hydrogen-bond acceptors (Lipinski definition) is 0. The van der Waals surface area contributed by atoms with Crippen LogP contribution in [0.25, 0.3) is 10.6 Å². The predicted octanol–water partition coefficient (Wildman–Crippen LogP) is 3.46. The second-order valence-electron chi connectivity index (χ2n) is 0.940. The Labute approximate surface area is 85.8 Å². The Balaban J connectivity index is -0.0000000301. The van der Waals surface area contributed by atoms with Crippen molar-refractivity contribution >= 4 is 20.4 Å². The molecule has 0 aliphatic heterocycles. The van der Waals surface area contributed by atoms with Crippen molar-refractivity contribution in [1.82, 2.24) is 0 Å². The van der Waals surface area contributed by atoms with E-state index in [1.807, 2.05) is 0 Å². The van der Waals surface area contributed by atoms with Crippen LogP contribution in [0.2, 0.25) is 0 Å². The molecule has 0 aromatic carbocycles. The van der Waals surface area contributed by atoms with Crippen LogP contribution < -0.4 is 0 Å². The van der Waals surface area contributed by atoms with E-state index in [1.165, 1.54) is 0 Å². The normalized spacial score (nSPS) is 5.82. The average Bonchev–Trinajstić information content (AvgIpc) is 1.96. The van der Waals surface area contributed by atoms with Crippen molar-refractivity contribution in [3.05, 3.63) is 17.6 Å². The van der Waals surface area contributed by atoms with E-state index in [9.17, 15) is 0 Å². The number of nitrogens with zero attached hydrogens (tertiary/aromatic N) is 2. The fourth-order valence-corrected chi connectivity index (χ4v) is 0. The molecule has 0 amide bonds. The fraction of sp³-hybridized carbons (Fsp3) is 0.833. The molecule has 0 aromatic heterocycles. The van der Waals surface area contributed by atoms with Gasteiger partial charge in [0.2, 0.25) is 0 Å². The molecular weight excluding hydrogens is 230 g/mol. The predicted molar refractivity (Wildman–Crippen MR) is 53.2 cm³/mol. The average molecular weight is 247 g/mol. The molecule has 0 heterocycles. The first-order chi connectivity index (χ1) is 5.24. The molecule has 0 aromatic rings. The van der Waals surface area contributed by atoms with E-state index in [1.54, 1.807) is 35.1 Å². The van der Waals surface area contributed by atoms with Gasteiger partial charge in [0, 0.05) is 0 Å². The second kappa shape index (κ2) is 68.8. The fourth-order valence-electron chi connectivity index (χ4n) is 0. The van der Waals surface area contributed by atoms with Gasteiger partial charge in [-0.05, 0) is 0 Å². The molecule has 0 unspecified atom stereocenters. The summed E-state index contributed by atoms with van der Waals surface area (Å²) in [5.74, 6) is 0. The Kier molecular flexibility index (Phi) is 142. The number of rotatable bonds is 0. The summed E-state index contributed by atoms with van der Waals surface area (Å²) in [6.07, 6.45) is 0. The summed E-state index contributed by atoms with van der Waals surface area (Å²) >= 11 is 0.569. The van der Waals surface area contributed by atoms with Crippen LogP contribution in [0.3, 0.4) is 0 Å². The third-order valence-electron chi connectivity index (χ3n) is 0. The Bertz CT molecular complexity index is 23.3. The molecule has 0 saturated heterocycles. The van der Waals surface area contributed by atoms with Gasteiger partial charge >= 0.3 is 33.0 Å². The third kappa shape index (κ3) is 901. The van der Waals surface area contributed by atoms with Crippen molar-refractivity contribution in [2.75, 3.05) is 28.2 Å². The topological polar surface area (TPSA) is 28.2 Å². The Morgan fingerprint density at radius 3 is 0.909 bits per heavy atom. The number of halogens is 2. The monoisotopic (exact) mass is 245 g/mol. The van der Waals surface area contributed by atoms with E-state index < -0.39 is 0 Å². The molecule has 0 aliphatic rings. The summed E-state index contributed by atoms with van der Waals surface area (Å²) in [4.78, 5) is 0. The molecular formula is C6H17Cl2N2Ni-3. The zero-order valence-corrected chi connectivity index (χ0v) is 10.2. The summed E-state index contributed by atoms with van der Waals surface area (Å²) in [7, 11) is 16.4. The SMILES string of the molecule is C[N-]C.C[N-]C.[CH2-]C.[Cl][Ni][Cl]. The van der Waals surface area contributed by atoms with Crippen LogP contribution >= 0.6 is 20.4 Å². The first-order valence-corrected chi connectivity index (χ1v) is 5.45. The van der Waals surface area contributed by atoms with Gasteiger partial charge in [-0.2, -0.15) is 35.1 Å². The molecule has 0 spiro atoms. The van der Waals surface area contributed by atoms with Gasteiger partial charge in [-0.25, -0.2) is 0 Å². The Morgan fingerprint density at radius 2 is 0.909 bits per heavy atom.